The Morgan fingerprint density at radius 1 is 1.16 bits per heavy atom. The minimum Gasteiger partial charge on any atom is -0.507 e. The fourth-order valence-electron chi connectivity index (χ4n) is 4.52. The number of non-ortho nitro benzene ring substituents is 1. The number of nitrogens with zero attached hydrogens (tertiary/aromatic N) is 3. The minimum absolute atomic E-state index is 0.00574. The van der Waals surface area contributed by atoms with Crippen LogP contribution in [0, 0.1) is 10.1 Å². The number of Topliss-reactive ketones (excluding diaryl/α,β-unsaturated/α-hetero) is 1. The van der Waals surface area contributed by atoms with Crippen LogP contribution in [0.4, 0.5) is 5.69 Å². The SMILES string of the molecule is COCCCN1C(=O)C(=O)/C(=C(/O)c2ccc(S(=O)(=O)N3CCOCC3)cc2)[C@@H]1c1cccc([N+](=O)[O-])c1. The molecular formula is C25H27N3O9S. The largest absolute Gasteiger partial charge is 0.507 e. The number of ether oxygens (including phenoxy) is 2. The summed E-state index contributed by atoms with van der Waals surface area (Å²) < 4.78 is 37.4. The van der Waals surface area contributed by atoms with Crippen molar-refractivity contribution in [1.29, 1.82) is 0 Å². The standard InChI is InChI=1S/C25H27N3O9S/c1-36-13-3-10-27-22(18-4-2-5-19(16-18)28(32)33)21(24(30)25(27)31)23(29)17-6-8-20(9-7-17)38(34,35)26-11-14-37-15-12-26/h2,4-9,16,22,29H,3,10-15H2,1H3/b23-21+/t22-/m0/s1. The molecule has 1 atom stereocenters. The smallest absolute Gasteiger partial charge is 0.295 e. The van der Waals surface area contributed by atoms with Gasteiger partial charge < -0.3 is 19.5 Å². The van der Waals surface area contributed by atoms with Crippen LogP contribution in [-0.4, -0.2) is 85.9 Å². The number of rotatable bonds is 9. The number of benzene rings is 2. The molecule has 202 valence electrons. The summed E-state index contributed by atoms with van der Waals surface area (Å²) in [7, 11) is -2.29. The molecule has 2 heterocycles. The third-order valence-corrected chi connectivity index (χ3v) is 8.33. The van der Waals surface area contributed by atoms with Crippen molar-refractivity contribution in [1.82, 2.24) is 9.21 Å². The minimum atomic E-state index is -3.78. The Morgan fingerprint density at radius 2 is 1.84 bits per heavy atom. The van der Waals surface area contributed by atoms with Gasteiger partial charge in [0, 0.05) is 51.0 Å². The van der Waals surface area contributed by atoms with E-state index in [2.05, 4.69) is 0 Å². The number of carbonyl (C=O) groups excluding carboxylic acids is 2. The van der Waals surface area contributed by atoms with Crippen LogP contribution in [-0.2, 0) is 29.1 Å². The van der Waals surface area contributed by atoms with Crippen LogP contribution in [0.25, 0.3) is 5.76 Å². The number of aliphatic hydroxyl groups excluding tert-OH is 1. The van der Waals surface area contributed by atoms with Gasteiger partial charge in [-0.1, -0.05) is 12.1 Å². The Balaban J connectivity index is 1.75. The number of nitro groups is 1. The van der Waals surface area contributed by atoms with E-state index in [1.54, 1.807) is 0 Å². The lowest BCUT2D eigenvalue weighted by atomic mass is 9.95. The lowest BCUT2D eigenvalue weighted by Crippen LogP contribution is -2.40. The number of hydrogen-bond acceptors (Lipinski definition) is 9. The van der Waals surface area contributed by atoms with Gasteiger partial charge in [0.2, 0.25) is 10.0 Å². The van der Waals surface area contributed by atoms with Crippen molar-refractivity contribution in [3.8, 4) is 0 Å². The van der Waals surface area contributed by atoms with Crippen molar-refractivity contribution < 1.29 is 37.5 Å². The molecule has 2 aliphatic heterocycles. The van der Waals surface area contributed by atoms with Crippen LogP contribution in [0.3, 0.4) is 0 Å². The molecular weight excluding hydrogens is 518 g/mol. The molecule has 12 nitrogen and oxygen atoms in total. The third-order valence-electron chi connectivity index (χ3n) is 6.42. The molecule has 4 rings (SSSR count). The lowest BCUT2D eigenvalue weighted by molar-refractivity contribution is -0.384. The zero-order valence-corrected chi connectivity index (χ0v) is 21.4. The van der Waals surface area contributed by atoms with Gasteiger partial charge in [0.1, 0.15) is 5.76 Å². The molecule has 0 unspecified atom stereocenters. The molecule has 2 aliphatic rings. The lowest BCUT2D eigenvalue weighted by Gasteiger charge is -2.26. The van der Waals surface area contributed by atoms with Crippen LogP contribution in [0.5, 0.6) is 0 Å². The second-order valence-corrected chi connectivity index (χ2v) is 10.7. The molecule has 0 saturated carbocycles. The second-order valence-electron chi connectivity index (χ2n) is 8.73. The summed E-state index contributed by atoms with van der Waals surface area (Å²) in [4.78, 5) is 38.1. The van der Waals surface area contributed by atoms with Gasteiger partial charge in [0.25, 0.3) is 17.4 Å². The summed E-state index contributed by atoms with van der Waals surface area (Å²) in [5.41, 5.74) is -0.0699. The number of ketones is 1. The maximum atomic E-state index is 13.1. The predicted octanol–water partition coefficient (Wildman–Crippen LogP) is 2.07. The topological polar surface area (TPSA) is 157 Å². The van der Waals surface area contributed by atoms with Crippen LogP contribution >= 0.6 is 0 Å². The highest BCUT2D eigenvalue weighted by molar-refractivity contribution is 7.89. The Hall–Kier alpha value is -3.65. The van der Waals surface area contributed by atoms with Crippen LogP contribution in [0.1, 0.15) is 23.6 Å². The average Bonchev–Trinajstić information content (AvgIpc) is 3.18. The molecule has 0 spiro atoms. The van der Waals surface area contributed by atoms with Crippen molar-refractivity contribution >= 4 is 33.2 Å². The first-order valence-electron chi connectivity index (χ1n) is 11.9. The molecule has 1 N–H and O–H groups in total. The molecule has 0 bridgehead atoms. The van der Waals surface area contributed by atoms with E-state index in [1.165, 1.54) is 64.8 Å². The second kappa shape index (κ2) is 11.4. The van der Waals surface area contributed by atoms with Gasteiger partial charge in [-0.2, -0.15) is 4.31 Å². The molecule has 0 aromatic heterocycles. The summed E-state index contributed by atoms with van der Waals surface area (Å²) in [5.74, 6) is -2.31. The summed E-state index contributed by atoms with van der Waals surface area (Å²) >= 11 is 0. The molecule has 0 aliphatic carbocycles. The van der Waals surface area contributed by atoms with Crippen molar-refractivity contribution in [2.24, 2.45) is 0 Å². The van der Waals surface area contributed by atoms with E-state index in [0.717, 1.165) is 0 Å². The van der Waals surface area contributed by atoms with Gasteiger partial charge in [-0.05, 0) is 36.2 Å². The van der Waals surface area contributed by atoms with Gasteiger partial charge in [-0.15, -0.1) is 0 Å². The van der Waals surface area contributed by atoms with Gasteiger partial charge in [0.05, 0.1) is 34.6 Å². The zero-order valence-electron chi connectivity index (χ0n) is 20.6. The Morgan fingerprint density at radius 3 is 2.47 bits per heavy atom. The van der Waals surface area contributed by atoms with Gasteiger partial charge in [-0.25, -0.2) is 8.42 Å². The van der Waals surface area contributed by atoms with E-state index in [9.17, 15) is 33.2 Å². The number of sulfonamides is 1. The Bertz CT molecular complexity index is 1370. The fourth-order valence-corrected chi connectivity index (χ4v) is 5.93. The number of nitro benzene ring substituents is 1. The van der Waals surface area contributed by atoms with Crippen molar-refractivity contribution in [2.75, 3.05) is 46.6 Å². The molecule has 2 fully saturated rings. The number of likely N-dealkylation sites (tertiary alicyclic amines) is 1. The van der Waals surface area contributed by atoms with E-state index in [-0.39, 0.29) is 46.9 Å². The van der Waals surface area contributed by atoms with E-state index >= 15 is 0 Å². The Labute approximate surface area is 219 Å². The van der Waals surface area contributed by atoms with Crippen LogP contribution in [0.2, 0.25) is 0 Å². The summed E-state index contributed by atoms with van der Waals surface area (Å²) in [6.45, 7) is 1.45. The third kappa shape index (κ3) is 5.31. The molecule has 13 heteroatoms. The molecule has 1 amide bonds. The number of morpholine rings is 1. The average molecular weight is 546 g/mol. The molecule has 2 saturated heterocycles. The molecule has 0 radical (unpaired) electrons. The molecule has 2 aromatic rings. The van der Waals surface area contributed by atoms with E-state index in [4.69, 9.17) is 9.47 Å². The summed E-state index contributed by atoms with van der Waals surface area (Å²) in [6.07, 6.45) is 0.392. The number of methoxy groups -OCH3 is 1. The van der Waals surface area contributed by atoms with Crippen LogP contribution < -0.4 is 0 Å². The number of aliphatic hydroxyl groups is 1. The molecule has 38 heavy (non-hydrogen) atoms. The number of carbonyl (C=O) groups is 2. The van der Waals surface area contributed by atoms with Gasteiger partial charge in [-0.3, -0.25) is 19.7 Å². The van der Waals surface area contributed by atoms with Crippen LogP contribution in [0.15, 0.2) is 59.0 Å². The van der Waals surface area contributed by atoms with E-state index in [1.807, 2.05) is 0 Å². The predicted molar refractivity (Wildman–Crippen MR) is 135 cm³/mol. The fraction of sp³-hybridized carbons (Fsp3) is 0.360. The maximum Gasteiger partial charge on any atom is 0.295 e. The number of hydrogen-bond donors (Lipinski definition) is 1. The van der Waals surface area contributed by atoms with Gasteiger partial charge in [0.15, 0.2) is 0 Å². The normalized spacial score (nSPS) is 20.1. The van der Waals surface area contributed by atoms with Crippen molar-refractivity contribution in [3.05, 3.63) is 75.3 Å². The first-order valence-corrected chi connectivity index (χ1v) is 13.3. The zero-order chi connectivity index (χ0) is 27.4. The highest BCUT2D eigenvalue weighted by Crippen LogP contribution is 2.40. The van der Waals surface area contributed by atoms with E-state index in [0.29, 0.717) is 26.2 Å². The van der Waals surface area contributed by atoms with Crippen molar-refractivity contribution in [3.63, 3.8) is 0 Å². The monoisotopic (exact) mass is 545 g/mol. The number of amides is 1. The highest BCUT2D eigenvalue weighted by Gasteiger charge is 2.46. The summed E-state index contributed by atoms with van der Waals surface area (Å²) in [5, 5.41) is 22.6. The Kier molecular flexibility index (Phi) is 8.21. The highest BCUT2D eigenvalue weighted by atomic mass is 32.2. The quantitative estimate of drug-likeness (QED) is 0.124. The molecule has 2 aromatic carbocycles. The first-order chi connectivity index (χ1) is 18.2. The maximum absolute atomic E-state index is 13.1. The van der Waals surface area contributed by atoms with Gasteiger partial charge >= 0.3 is 0 Å². The summed E-state index contributed by atoms with van der Waals surface area (Å²) in [6, 6.07) is 9.78. The van der Waals surface area contributed by atoms with Crippen molar-refractivity contribution in [2.45, 2.75) is 17.4 Å². The van der Waals surface area contributed by atoms with E-state index < -0.39 is 38.4 Å². The first kappa shape index (κ1) is 27.4.